The summed E-state index contributed by atoms with van der Waals surface area (Å²) in [6.07, 6.45) is 5.61. The van der Waals surface area contributed by atoms with E-state index in [2.05, 4.69) is 97.1 Å². The van der Waals surface area contributed by atoms with Crippen molar-refractivity contribution in [3.63, 3.8) is 0 Å². The molecule has 6 aromatic rings. The van der Waals surface area contributed by atoms with Crippen molar-refractivity contribution >= 4 is 59.0 Å². The maximum atomic E-state index is 5.24. The number of aromatic nitrogens is 1. The largest absolute Gasteiger partial charge is 0.252 e. The second-order valence-electron chi connectivity index (χ2n) is 8.29. The van der Waals surface area contributed by atoms with Gasteiger partial charge in [0.25, 0.3) is 0 Å². The van der Waals surface area contributed by atoms with Gasteiger partial charge in [-0.3, -0.25) is 4.98 Å². The van der Waals surface area contributed by atoms with E-state index in [4.69, 9.17) is 4.98 Å². The van der Waals surface area contributed by atoms with Gasteiger partial charge < -0.3 is 0 Å². The highest BCUT2D eigenvalue weighted by Crippen LogP contribution is 2.44. The molecule has 0 fully saturated rings. The van der Waals surface area contributed by atoms with Gasteiger partial charge in [0.15, 0.2) is 0 Å². The molecule has 0 radical (unpaired) electrons. The molecule has 3 aromatic heterocycles. The zero-order chi connectivity index (χ0) is 21.1. The molecule has 1 atom stereocenters. The summed E-state index contributed by atoms with van der Waals surface area (Å²) in [4.78, 5) is 6.68. The number of hydrogen-bond donors (Lipinski definition) is 0. The summed E-state index contributed by atoms with van der Waals surface area (Å²) in [6.45, 7) is 0. The molecule has 3 heterocycles. The van der Waals surface area contributed by atoms with Gasteiger partial charge in [-0.2, -0.15) is 0 Å². The van der Waals surface area contributed by atoms with Crippen molar-refractivity contribution in [1.29, 1.82) is 0 Å². The van der Waals surface area contributed by atoms with E-state index in [1.807, 2.05) is 22.7 Å². The van der Waals surface area contributed by atoms with Crippen LogP contribution in [0.5, 0.6) is 0 Å². The molecule has 1 aliphatic carbocycles. The molecule has 0 bridgehead atoms. The molecule has 7 rings (SSSR count). The number of fused-ring (bicyclic) bond motifs is 6. The Kier molecular flexibility index (Phi) is 4.08. The number of benzene rings is 3. The summed E-state index contributed by atoms with van der Waals surface area (Å²) in [5.74, 6) is 0.314. The third-order valence-electron chi connectivity index (χ3n) is 6.44. The third-order valence-corrected chi connectivity index (χ3v) is 8.96. The quantitative estimate of drug-likeness (QED) is 0.259. The van der Waals surface area contributed by atoms with Crippen molar-refractivity contribution in [2.45, 2.75) is 12.3 Å². The van der Waals surface area contributed by atoms with Crippen LogP contribution in [-0.4, -0.2) is 4.98 Å². The van der Waals surface area contributed by atoms with Gasteiger partial charge in [0.1, 0.15) is 0 Å². The van der Waals surface area contributed by atoms with E-state index in [9.17, 15) is 0 Å². The standard InChI is InChI=1S/C29H19NS2/c1-3-16-26-18(8-1)20-10-5-12-22(28(20)31-26)24-14-7-15-25(30-24)23-13-6-11-21-19-9-2-4-17-27(19)32-29(21)23/h1-12,14-17,23H,13H2. The summed E-state index contributed by atoms with van der Waals surface area (Å²) in [7, 11) is 0. The maximum absolute atomic E-state index is 5.24. The number of rotatable bonds is 2. The fraction of sp³-hybridized carbons (Fsp3) is 0.0690. The first-order chi connectivity index (χ1) is 15.9. The molecule has 0 amide bonds. The Bertz CT molecular complexity index is 1670. The van der Waals surface area contributed by atoms with Gasteiger partial charge in [-0.1, -0.05) is 72.8 Å². The van der Waals surface area contributed by atoms with Gasteiger partial charge in [-0.05, 0) is 41.6 Å². The Balaban J connectivity index is 1.39. The summed E-state index contributed by atoms with van der Waals surface area (Å²) >= 11 is 3.79. The zero-order valence-electron chi connectivity index (χ0n) is 17.3. The Morgan fingerprint density at radius 2 is 1.44 bits per heavy atom. The Hall–Kier alpha value is -3.27. The number of pyridine rings is 1. The third kappa shape index (κ3) is 2.72. The average molecular weight is 446 g/mol. The topological polar surface area (TPSA) is 12.9 Å². The van der Waals surface area contributed by atoms with Crippen LogP contribution in [0.2, 0.25) is 0 Å². The van der Waals surface area contributed by atoms with E-state index >= 15 is 0 Å². The molecule has 0 N–H and O–H groups in total. The Morgan fingerprint density at radius 1 is 0.688 bits per heavy atom. The van der Waals surface area contributed by atoms with Crippen molar-refractivity contribution in [2.24, 2.45) is 0 Å². The molecule has 0 spiro atoms. The van der Waals surface area contributed by atoms with Gasteiger partial charge in [0.2, 0.25) is 0 Å². The molecule has 3 aromatic carbocycles. The minimum Gasteiger partial charge on any atom is -0.252 e. The van der Waals surface area contributed by atoms with E-state index in [1.165, 1.54) is 46.3 Å². The normalized spacial score (nSPS) is 15.6. The van der Waals surface area contributed by atoms with Crippen LogP contribution in [0.25, 0.3) is 47.6 Å². The first kappa shape index (κ1) is 18.3. The van der Waals surface area contributed by atoms with Gasteiger partial charge >= 0.3 is 0 Å². The predicted octanol–water partition coefficient (Wildman–Crippen LogP) is 8.88. The number of thiophene rings is 2. The minimum atomic E-state index is 0.314. The second-order valence-corrected chi connectivity index (χ2v) is 10.4. The predicted molar refractivity (Wildman–Crippen MR) is 140 cm³/mol. The number of hydrogen-bond acceptors (Lipinski definition) is 3. The van der Waals surface area contributed by atoms with Crippen LogP contribution in [0.1, 0.15) is 28.5 Å². The summed E-state index contributed by atoms with van der Waals surface area (Å²) in [5.41, 5.74) is 4.84. The molecule has 0 saturated heterocycles. The van der Waals surface area contributed by atoms with Crippen LogP contribution in [0.4, 0.5) is 0 Å². The molecule has 0 saturated carbocycles. The van der Waals surface area contributed by atoms with Gasteiger partial charge in [-0.15, -0.1) is 22.7 Å². The molecule has 32 heavy (non-hydrogen) atoms. The van der Waals surface area contributed by atoms with Crippen LogP contribution in [-0.2, 0) is 0 Å². The van der Waals surface area contributed by atoms with Crippen molar-refractivity contribution in [2.75, 3.05) is 0 Å². The van der Waals surface area contributed by atoms with Crippen molar-refractivity contribution < 1.29 is 0 Å². The van der Waals surface area contributed by atoms with Crippen LogP contribution < -0.4 is 0 Å². The highest BCUT2D eigenvalue weighted by molar-refractivity contribution is 7.26. The maximum Gasteiger partial charge on any atom is 0.0719 e. The second kappa shape index (κ2) is 7.13. The Labute approximate surface area is 194 Å². The molecule has 152 valence electrons. The van der Waals surface area contributed by atoms with Crippen LogP contribution in [0.3, 0.4) is 0 Å². The molecule has 3 heteroatoms. The van der Waals surface area contributed by atoms with E-state index in [0.717, 1.165) is 17.8 Å². The Morgan fingerprint density at radius 3 is 2.34 bits per heavy atom. The van der Waals surface area contributed by atoms with Gasteiger partial charge in [0, 0.05) is 46.9 Å². The molecule has 1 nitrogen and oxygen atoms in total. The fourth-order valence-electron chi connectivity index (χ4n) is 4.94. The fourth-order valence-corrected chi connectivity index (χ4v) is 7.49. The van der Waals surface area contributed by atoms with Crippen molar-refractivity contribution in [1.82, 2.24) is 4.98 Å². The van der Waals surface area contributed by atoms with Crippen molar-refractivity contribution in [3.8, 4) is 11.3 Å². The lowest BCUT2D eigenvalue weighted by atomic mass is 9.90. The first-order valence-corrected chi connectivity index (χ1v) is 12.6. The first-order valence-electron chi connectivity index (χ1n) is 10.9. The minimum absolute atomic E-state index is 0.314. The molecule has 1 unspecified atom stereocenters. The summed E-state index contributed by atoms with van der Waals surface area (Å²) in [5, 5.41) is 4.01. The summed E-state index contributed by atoms with van der Waals surface area (Å²) < 4.78 is 4.02. The smallest absolute Gasteiger partial charge is 0.0719 e. The molecular weight excluding hydrogens is 426 g/mol. The van der Waals surface area contributed by atoms with E-state index in [-0.39, 0.29) is 0 Å². The van der Waals surface area contributed by atoms with Crippen LogP contribution in [0, 0.1) is 0 Å². The lowest BCUT2D eigenvalue weighted by Crippen LogP contribution is -2.05. The van der Waals surface area contributed by atoms with E-state index in [0.29, 0.717) is 5.92 Å². The van der Waals surface area contributed by atoms with E-state index < -0.39 is 0 Å². The lowest BCUT2D eigenvalue weighted by molar-refractivity contribution is 0.805. The van der Waals surface area contributed by atoms with E-state index in [1.54, 1.807) is 0 Å². The number of nitrogens with zero attached hydrogens (tertiary/aromatic N) is 1. The van der Waals surface area contributed by atoms with Gasteiger partial charge in [0.05, 0.1) is 5.69 Å². The molecule has 1 aliphatic rings. The molecule has 0 aliphatic heterocycles. The van der Waals surface area contributed by atoms with Crippen LogP contribution >= 0.6 is 22.7 Å². The lowest BCUT2D eigenvalue weighted by Gasteiger charge is -2.19. The highest BCUT2D eigenvalue weighted by atomic mass is 32.1. The SMILES string of the molecule is C1=Cc2c(sc3ccccc23)C(c2cccc(-c3cccc4c3sc3ccccc34)n2)C1. The van der Waals surface area contributed by atoms with Crippen LogP contribution in [0.15, 0.2) is 91.0 Å². The van der Waals surface area contributed by atoms with Crippen molar-refractivity contribution in [3.05, 3.63) is 107 Å². The average Bonchev–Trinajstić information content (AvgIpc) is 3.42. The monoisotopic (exact) mass is 445 g/mol. The number of allylic oxidation sites excluding steroid dienone is 1. The molecular formula is C29H19NS2. The highest BCUT2D eigenvalue weighted by Gasteiger charge is 2.24. The summed E-state index contributed by atoms with van der Waals surface area (Å²) in [6, 6.07) is 30.6. The van der Waals surface area contributed by atoms with Gasteiger partial charge in [-0.25, -0.2) is 0 Å². The zero-order valence-corrected chi connectivity index (χ0v) is 18.9.